The lowest BCUT2D eigenvalue weighted by molar-refractivity contribution is -0.118. The van der Waals surface area contributed by atoms with Crippen LogP contribution in [0.25, 0.3) is 0 Å². The SMILES string of the molecule is CC(C)c1ccc(C(C(N)=O)c2ccn(Cc3ccc(F)c(F)c3)n2)cn1. The lowest BCUT2D eigenvalue weighted by Gasteiger charge is -2.12. The molecule has 0 saturated carbocycles. The largest absolute Gasteiger partial charge is 0.369 e. The van der Waals surface area contributed by atoms with Crippen LogP contribution in [0.2, 0.25) is 0 Å². The fourth-order valence-electron chi connectivity index (χ4n) is 2.85. The molecule has 0 radical (unpaired) electrons. The van der Waals surface area contributed by atoms with E-state index in [4.69, 9.17) is 5.73 Å². The van der Waals surface area contributed by atoms with Crippen molar-refractivity contribution in [1.29, 1.82) is 0 Å². The van der Waals surface area contributed by atoms with Gasteiger partial charge in [-0.3, -0.25) is 14.5 Å². The van der Waals surface area contributed by atoms with Crippen LogP contribution in [0.4, 0.5) is 8.78 Å². The fraction of sp³-hybridized carbons (Fsp3) is 0.250. The van der Waals surface area contributed by atoms with Crippen molar-refractivity contribution >= 4 is 5.91 Å². The van der Waals surface area contributed by atoms with E-state index >= 15 is 0 Å². The Morgan fingerprint density at radius 3 is 2.48 bits per heavy atom. The van der Waals surface area contributed by atoms with Gasteiger partial charge in [-0.05, 0) is 41.3 Å². The Bertz CT molecular complexity index is 951. The molecule has 7 heteroatoms. The Balaban J connectivity index is 1.85. The summed E-state index contributed by atoms with van der Waals surface area (Å²) in [6.07, 6.45) is 3.31. The second-order valence-electron chi connectivity index (χ2n) is 6.69. The van der Waals surface area contributed by atoms with Crippen LogP contribution in [0.3, 0.4) is 0 Å². The second-order valence-corrected chi connectivity index (χ2v) is 6.69. The summed E-state index contributed by atoms with van der Waals surface area (Å²) in [5.74, 6) is -2.80. The average molecular weight is 370 g/mol. The van der Waals surface area contributed by atoms with Crippen molar-refractivity contribution in [3.05, 3.63) is 82.9 Å². The number of halogens is 2. The Hall–Kier alpha value is -3.09. The van der Waals surface area contributed by atoms with E-state index in [1.807, 2.05) is 26.0 Å². The van der Waals surface area contributed by atoms with Crippen LogP contribution in [0.5, 0.6) is 0 Å². The van der Waals surface area contributed by atoms with Gasteiger partial charge in [0.25, 0.3) is 0 Å². The van der Waals surface area contributed by atoms with Gasteiger partial charge in [0.15, 0.2) is 11.6 Å². The lowest BCUT2D eigenvalue weighted by atomic mass is 9.96. The summed E-state index contributed by atoms with van der Waals surface area (Å²) >= 11 is 0. The number of benzene rings is 1. The van der Waals surface area contributed by atoms with Crippen LogP contribution in [-0.4, -0.2) is 20.7 Å². The fourth-order valence-corrected chi connectivity index (χ4v) is 2.85. The van der Waals surface area contributed by atoms with Crippen molar-refractivity contribution in [2.45, 2.75) is 32.2 Å². The van der Waals surface area contributed by atoms with Crippen molar-refractivity contribution in [2.24, 2.45) is 5.73 Å². The van der Waals surface area contributed by atoms with E-state index < -0.39 is 23.5 Å². The molecule has 3 aromatic rings. The normalized spacial score (nSPS) is 12.3. The number of primary amides is 1. The van der Waals surface area contributed by atoms with Gasteiger partial charge in [0, 0.05) is 18.1 Å². The van der Waals surface area contributed by atoms with Gasteiger partial charge in [0.05, 0.1) is 12.2 Å². The van der Waals surface area contributed by atoms with Crippen molar-refractivity contribution < 1.29 is 13.6 Å². The molecule has 0 saturated heterocycles. The average Bonchev–Trinajstić information content (AvgIpc) is 3.06. The highest BCUT2D eigenvalue weighted by Gasteiger charge is 2.23. The quantitative estimate of drug-likeness (QED) is 0.723. The van der Waals surface area contributed by atoms with Crippen LogP contribution in [-0.2, 0) is 11.3 Å². The van der Waals surface area contributed by atoms with E-state index in [2.05, 4.69) is 10.1 Å². The highest BCUT2D eigenvalue weighted by Crippen LogP contribution is 2.24. The molecule has 0 spiro atoms. The number of rotatable bonds is 6. The molecule has 0 aliphatic carbocycles. The monoisotopic (exact) mass is 370 g/mol. The summed E-state index contributed by atoms with van der Waals surface area (Å²) < 4.78 is 28.0. The number of nitrogens with two attached hydrogens (primary N) is 1. The van der Waals surface area contributed by atoms with Crippen molar-refractivity contribution in [3.63, 3.8) is 0 Å². The Morgan fingerprint density at radius 2 is 1.89 bits per heavy atom. The molecule has 1 atom stereocenters. The maximum Gasteiger partial charge on any atom is 0.231 e. The molecule has 0 aliphatic rings. The third-order valence-electron chi connectivity index (χ3n) is 4.30. The first-order valence-corrected chi connectivity index (χ1v) is 8.57. The van der Waals surface area contributed by atoms with Crippen LogP contribution < -0.4 is 5.73 Å². The zero-order chi connectivity index (χ0) is 19.6. The molecule has 27 heavy (non-hydrogen) atoms. The Kier molecular flexibility index (Phi) is 5.30. The second kappa shape index (κ2) is 7.65. The molecule has 1 amide bonds. The first-order valence-electron chi connectivity index (χ1n) is 8.57. The molecule has 0 aliphatic heterocycles. The number of hydrogen-bond donors (Lipinski definition) is 1. The van der Waals surface area contributed by atoms with Crippen LogP contribution in [0, 0.1) is 11.6 Å². The molecule has 2 heterocycles. The molecule has 0 bridgehead atoms. The number of nitrogens with zero attached hydrogens (tertiary/aromatic N) is 3. The number of carbonyl (C=O) groups excluding carboxylic acids is 1. The van der Waals surface area contributed by atoms with Gasteiger partial charge in [0.1, 0.15) is 5.92 Å². The van der Waals surface area contributed by atoms with E-state index in [1.54, 1.807) is 23.1 Å². The van der Waals surface area contributed by atoms with Gasteiger partial charge in [-0.25, -0.2) is 8.78 Å². The first kappa shape index (κ1) is 18.7. The van der Waals surface area contributed by atoms with Gasteiger partial charge in [-0.1, -0.05) is 26.0 Å². The maximum atomic E-state index is 13.4. The van der Waals surface area contributed by atoms with E-state index in [9.17, 15) is 13.6 Å². The molecule has 1 aromatic carbocycles. The summed E-state index contributed by atoms with van der Waals surface area (Å²) in [6.45, 7) is 4.31. The minimum absolute atomic E-state index is 0.243. The zero-order valence-electron chi connectivity index (χ0n) is 15.1. The molecule has 3 rings (SSSR count). The number of aromatic nitrogens is 3. The molecular formula is C20H20F2N4O. The van der Waals surface area contributed by atoms with E-state index in [0.29, 0.717) is 16.8 Å². The van der Waals surface area contributed by atoms with Crippen molar-refractivity contribution in [1.82, 2.24) is 14.8 Å². The molecular weight excluding hydrogens is 350 g/mol. The van der Waals surface area contributed by atoms with Gasteiger partial charge in [-0.15, -0.1) is 0 Å². The van der Waals surface area contributed by atoms with E-state index in [-0.39, 0.29) is 12.5 Å². The highest BCUT2D eigenvalue weighted by atomic mass is 19.2. The summed E-state index contributed by atoms with van der Waals surface area (Å²) in [5.41, 5.74) is 8.20. The van der Waals surface area contributed by atoms with Crippen LogP contribution in [0.1, 0.15) is 48.2 Å². The maximum absolute atomic E-state index is 13.4. The molecule has 1 unspecified atom stereocenters. The molecule has 2 aromatic heterocycles. The predicted molar refractivity (Wildman–Crippen MR) is 97.1 cm³/mol. The molecule has 5 nitrogen and oxygen atoms in total. The summed E-state index contributed by atoms with van der Waals surface area (Å²) in [4.78, 5) is 16.4. The lowest BCUT2D eigenvalue weighted by Crippen LogP contribution is -2.23. The van der Waals surface area contributed by atoms with Crippen LogP contribution >= 0.6 is 0 Å². The molecule has 0 fully saturated rings. The minimum atomic E-state index is -0.911. The Morgan fingerprint density at radius 1 is 1.11 bits per heavy atom. The first-order chi connectivity index (χ1) is 12.8. The van der Waals surface area contributed by atoms with Gasteiger partial charge >= 0.3 is 0 Å². The summed E-state index contributed by atoms with van der Waals surface area (Å²) in [5, 5.41) is 4.38. The van der Waals surface area contributed by atoms with Gasteiger partial charge in [0.2, 0.25) is 5.91 Å². The minimum Gasteiger partial charge on any atom is -0.369 e. The number of pyridine rings is 1. The van der Waals surface area contributed by atoms with E-state index in [1.165, 1.54) is 6.07 Å². The smallest absolute Gasteiger partial charge is 0.231 e. The standard InChI is InChI=1S/C20H20F2N4O/c1-12(2)17-6-4-14(10-24-17)19(20(23)27)18-7-8-26(25-18)11-13-3-5-15(21)16(22)9-13/h3-10,12,19H,11H2,1-2H3,(H2,23,27). The van der Waals surface area contributed by atoms with Gasteiger partial charge < -0.3 is 5.73 Å². The predicted octanol–water partition coefficient (Wildman–Crippen LogP) is 3.35. The number of carbonyl (C=O) groups is 1. The molecule has 140 valence electrons. The van der Waals surface area contributed by atoms with Gasteiger partial charge in [-0.2, -0.15) is 5.10 Å². The third kappa shape index (κ3) is 4.19. The summed E-state index contributed by atoms with van der Waals surface area (Å²) in [6, 6.07) is 9.06. The topological polar surface area (TPSA) is 73.8 Å². The van der Waals surface area contributed by atoms with Crippen molar-refractivity contribution in [3.8, 4) is 0 Å². The summed E-state index contributed by atoms with van der Waals surface area (Å²) in [7, 11) is 0. The van der Waals surface area contributed by atoms with Crippen LogP contribution in [0.15, 0.2) is 48.8 Å². The number of amides is 1. The zero-order valence-corrected chi connectivity index (χ0v) is 15.1. The van der Waals surface area contributed by atoms with E-state index in [0.717, 1.165) is 17.8 Å². The molecule has 2 N–H and O–H groups in total. The highest BCUT2D eigenvalue weighted by molar-refractivity contribution is 5.84. The Labute approximate surface area is 155 Å². The third-order valence-corrected chi connectivity index (χ3v) is 4.30. The van der Waals surface area contributed by atoms with Crippen molar-refractivity contribution in [2.75, 3.05) is 0 Å². The number of hydrogen-bond acceptors (Lipinski definition) is 3.